The van der Waals surface area contributed by atoms with Crippen LogP contribution in [0.25, 0.3) is 11.6 Å². The molecule has 1 heterocycles. The Morgan fingerprint density at radius 2 is 1.69 bits per heavy atom. The molecule has 0 bridgehead atoms. The smallest absolute Gasteiger partial charge is 0.339 e. The van der Waals surface area contributed by atoms with E-state index in [9.17, 15) is 9.59 Å². The minimum atomic E-state index is -0.573. The van der Waals surface area contributed by atoms with Gasteiger partial charge in [-0.2, -0.15) is 0 Å². The monoisotopic (exact) mass is 365 g/mol. The predicted molar refractivity (Wildman–Crippen MR) is 102 cm³/mol. The summed E-state index contributed by atoms with van der Waals surface area (Å²) in [5.74, 6) is -0.866. The molecule has 0 fully saturated rings. The fourth-order valence-corrected chi connectivity index (χ4v) is 2.52. The summed E-state index contributed by atoms with van der Waals surface area (Å²) in [5, 5.41) is 0.572. The van der Waals surface area contributed by atoms with E-state index in [1.165, 1.54) is 0 Å². The molecule has 2 aromatic carbocycles. The van der Waals surface area contributed by atoms with Crippen molar-refractivity contribution < 1.29 is 14.3 Å². The molecule has 3 rings (SSSR count). The molecule has 0 saturated heterocycles. The van der Waals surface area contributed by atoms with Crippen LogP contribution in [0.15, 0.2) is 72.9 Å². The first kappa shape index (κ1) is 17.7. The Kier molecular flexibility index (Phi) is 5.66. The van der Waals surface area contributed by atoms with Gasteiger partial charge in [0, 0.05) is 11.2 Å². The Morgan fingerprint density at radius 1 is 0.962 bits per heavy atom. The van der Waals surface area contributed by atoms with Crippen LogP contribution in [0.3, 0.4) is 0 Å². The number of Topliss-reactive ketones (excluding diaryl/α,β-unsaturated/α-hetero) is 1. The van der Waals surface area contributed by atoms with Crippen molar-refractivity contribution in [3.63, 3.8) is 0 Å². The van der Waals surface area contributed by atoms with Gasteiger partial charge in [-0.15, -0.1) is 0 Å². The quantitative estimate of drug-likeness (QED) is 0.300. The van der Waals surface area contributed by atoms with Crippen LogP contribution in [-0.4, -0.2) is 23.3 Å². The molecule has 4 nitrogen and oxygen atoms in total. The second kappa shape index (κ2) is 8.32. The highest BCUT2D eigenvalue weighted by Crippen LogP contribution is 2.22. The van der Waals surface area contributed by atoms with Crippen LogP contribution in [0.5, 0.6) is 0 Å². The van der Waals surface area contributed by atoms with Gasteiger partial charge in [0.25, 0.3) is 0 Å². The molecule has 0 unspecified atom stereocenters. The number of ketones is 1. The Bertz CT molecular complexity index is 914. The van der Waals surface area contributed by atoms with E-state index in [0.29, 0.717) is 21.9 Å². The van der Waals surface area contributed by atoms with Gasteiger partial charge in [-0.25, -0.2) is 4.79 Å². The van der Waals surface area contributed by atoms with E-state index in [2.05, 4.69) is 4.98 Å². The van der Waals surface area contributed by atoms with Gasteiger partial charge in [-0.3, -0.25) is 4.79 Å². The maximum absolute atomic E-state index is 12.6. The van der Waals surface area contributed by atoms with Crippen molar-refractivity contribution in [2.75, 3.05) is 6.61 Å². The van der Waals surface area contributed by atoms with Gasteiger partial charge >= 0.3 is 5.97 Å². The van der Waals surface area contributed by atoms with E-state index >= 15 is 0 Å². The van der Waals surface area contributed by atoms with Crippen LogP contribution in [0.1, 0.15) is 21.6 Å². The summed E-state index contributed by atoms with van der Waals surface area (Å²) in [4.78, 5) is 27.4. The van der Waals surface area contributed by atoms with Gasteiger partial charge in [-0.05, 0) is 41.5 Å². The number of halogens is 1. The van der Waals surface area contributed by atoms with Crippen molar-refractivity contribution in [3.8, 4) is 0 Å². The molecule has 0 radical (unpaired) electrons. The molecule has 26 heavy (non-hydrogen) atoms. The molecular weight excluding hydrogens is 350 g/mol. The molecule has 0 spiro atoms. The summed E-state index contributed by atoms with van der Waals surface area (Å²) in [6.07, 6.45) is 3.37. The molecule has 0 amide bonds. The summed E-state index contributed by atoms with van der Waals surface area (Å²) < 4.78 is 5.24. The van der Waals surface area contributed by atoms with Crippen LogP contribution in [-0.2, 0) is 9.53 Å². The molecule has 0 aliphatic heterocycles. The number of H-pyrrole nitrogens is 1. The number of hydrogen-bond acceptors (Lipinski definition) is 3. The predicted octanol–water partition coefficient (Wildman–Crippen LogP) is 4.63. The van der Waals surface area contributed by atoms with Crippen LogP contribution in [0.4, 0.5) is 0 Å². The molecule has 1 N–H and O–H groups in total. The molecule has 3 aromatic rings. The molecule has 0 aliphatic carbocycles. The van der Waals surface area contributed by atoms with Gasteiger partial charge in [0.2, 0.25) is 5.78 Å². The van der Waals surface area contributed by atoms with Crippen molar-refractivity contribution >= 4 is 35.0 Å². The minimum Gasteiger partial charge on any atom is -0.454 e. The summed E-state index contributed by atoms with van der Waals surface area (Å²) >= 11 is 5.93. The Morgan fingerprint density at radius 3 is 2.35 bits per heavy atom. The van der Waals surface area contributed by atoms with E-state index in [1.54, 1.807) is 48.7 Å². The fraction of sp³-hybridized carbons (Fsp3) is 0.0476. The van der Waals surface area contributed by atoms with E-state index in [0.717, 1.165) is 5.56 Å². The first-order valence-electron chi connectivity index (χ1n) is 8.00. The number of carbonyl (C=O) groups is 2. The lowest BCUT2D eigenvalue weighted by Gasteiger charge is -2.09. The summed E-state index contributed by atoms with van der Waals surface area (Å²) in [6.45, 7) is -0.334. The van der Waals surface area contributed by atoms with Crippen LogP contribution in [0.2, 0.25) is 5.02 Å². The molecule has 130 valence electrons. The average Bonchev–Trinajstić information content (AvgIpc) is 3.20. The molecule has 5 heteroatoms. The van der Waals surface area contributed by atoms with Gasteiger partial charge < -0.3 is 9.72 Å². The van der Waals surface area contributed by atoms with E-state index in [1.807, 2.05) is 30.3 Å². The Labute approximate surface area is 156 Å². The number of aromatic nitrogens is 1. The van der Waals surface area contributed by atoms with Crippen LogP contribution >= 0.6 is 11.6 Å². The number of benzene rings is 2. The topological polar surface area (TPSA) is 59.2 Å². The van der Waals surface area contributed by atoms with E-state index < -0.39 is 5.97 Å². The molecular formula is C21H16ClNO3. The van der Waals surface area contributed by atoms with Crippen molar-refractivity contribution in [2.45, 2.75) is 0 Å². The highest BCUT2D eigenvalue weighted by molar-refractivity contribution is 6.30. The summed E-state index contributed by atoms with van der Waals surface area (Å²) in [6, 6.07) is 19.7. The zero-order valence-electron chi connectivity index (χ0n) is 13.8. The molecule has 0 saturated carbocycles. The third-order valence-electron chi connectivity index (χ3n) is 3.72. The fourth-order valence-electron chi connectivity index (χ4n) is 2.40. The van der Waals surface area contributed by atoms with Gasteiger partial charge in [0.1, 0.15) is 0 Å². The number of esters is 1. The SMILES string of the molecule is O=C(OCC(=O)c1ccc[nH]1)/C(=C/c1ccccc1)c1ccc(Cl)cc1. The number of aromatic amines is 1. The average molecular weight is 366 g/mol. The zero-order chi connectivity index (χ0) is 18.4. The van der Waals surface area contributed by atoms with Gasteiger partial charge in [-0.1, -0.05) is 54.1 Å². The number of carbonyl (C=O) groups excluding carboxylic acids is 2. The third-order valence-corrected chi connectivity index (χ3v) is 3.97. The highest BCUT2D eigenvalue weighted by Gasteiger charge is 2.16. The molecule has 0 aliphatic rings. The largest absolute Gasteiger partial charge is 0.454 e. The van der Waals surface area contributed by atoms with Crippen molar-refractivity contribution in [2.24, 2.45) is 0 Å². The molecule has 0 atom stereocenters. The standard InChI is InChI=1S/C21H16ClNO3/c22-17-10-8-16(9-11-17)18(13-15-5-2-1-3-6-15)21(25)26-14-20(24)19-7-4-12-23-19/h1-13,23H,14H2/b18-13+. The normalized spacial score (nSPS) is 11.2. The lowest BCUT2D eigenvalue weighted by molar-refractivity contribution is -0.135. The highest BCUT2D eigenvalue weighted by atomic mass is 35.5. The van der Waals surface area contributed by atoms with Crippen molar-refractivity contribution in [3.05, 3.63) is 94.8 Å². The number of ether oxygens (including phenoxy) is 1. The second-order valence-corrected chi connectivity index (χ2v) is 6.00. The first-order chi connectivity index (χ1) is 12.6. The summed E-state index contributed by atoms with van der Waals surface area (Å²) in [7, 11) is 0. The Hall–Kier alpha value is -3.11. The lowest BCUT2D eigenvalue weighted by Crippen LogP contribution is -2.15. The van der Waals surface area contributed by atoms with Gasteiger partial charge in [0.05, 0.1) is 11.3 Å². The first-order valence-corrected chi connectivity index (χ1v) is 8.37. The van der Waals surface area contributed by atoms with Crippen molar-refractivity contribution in [1.82, 2.24) is 4.98 Å². The zero-order valence-corrected chi connectivity index (χ0v) is 14.6. The maximum Gasteiger partial charge on any atom is 0.339 e. The van der Waals surface area contributed by atoms with Crippen LogP contribution < -0.4 is 0 Å². The second-order valence-electron chi connectivity index (χ2n) is 5.56. The Balaban J connectivity index is 1.83. The lowest BCUT2D eigenvalue weighted by atomic mass is 10.0. The maximum atomic E-state index is 12.6. The van der Waals surface area contributed by atoms with E-state index in [4.69, 9.17) is 16.3 Å². The van der Waals surface area contributed by atoms with Gasteiger partial charge in [0.15, 0.2) is 6.61 Å². The van der Waals surface area contributed by atoms with E-state index in [-0.39, 0.29) is 12.4 Å². The molecule has 1 aromatic heterocycles. The summed E-state index contributed by atoms with van der Waals surface area (Å²) in [5.41, 5.74) is 2.27. The van der Waals surface area contributed by atoms with Crippen molar-refractivity contribution in [1.29, 1.82) is 0 Å². The third kappa shape index (κ3) is 4.49. The minimum absolute atomic E-state index is 0.293. The number of rotatable bonds is 6. The number of hydrogen-bond donors (Lipinski definition) is 1. The number of nitrogens with one attached hydrogen (secondary N) is 1. The van der Waals surface area contributed by atoms with Crippen LogP contribution in [0, 0.1) is 0 Å².